The van der Waals surface area contributed by atoms with Gasteiger partial charge in [0.25, 0.3) is 0 Å². The van der Waals surface area contributed by atoms with Crippen molar-refractivity contribution < 1.29 is 5.11 Å². The van der Waals surface area contributed by atoms with E-state index < -0.39 is 0 Å². The number of hydrogen-bond donors (Lipinski definition) is 2. The van der Waals surface area contributed by atoms with Crippen LogP contribution in [0.5, 0.6) is 0 Å². The molecule has 0 aromatic carbocycles. The summed E-state index contributed by atoms with van der Waals surface area (Å²) in [6.07, 6.45) is 12.1. The second-order valence-corrected chi connectivity index (χ2v) is 6.71. The molecule has 94 valence electrons. The van der Waals surface area contributed by atoms with E-state index in [2.05, 4.69) is 11.6 Å². The van der Waals surface area contributed by atoms with E-state index in [1.54, 1.807) is 0 Å². The summed E-state index contributed by atoms with van der Waals surface area (Å²) in [5, 5.41) is 13.7. The van der Waals surface area contributed by atoms with E-state index in [0.717, 1.165) is 19.4 Å². The van der Waals surface area contributed by atoms with Crippen molar-refractivity contribution in [2.45, 2.75) is 68.3 Å². The van der Waals surface area contributed by atoms with Gasteiger partial charge in [-0.3, -0.25) is 0 Å². The summed E-state index contributed by atoms with van der Waals surface area (Å²) in [6.45, 7) is 1.09. The lowest BCUT2D eigenvalue weighted by Gasteiger charge is -2.42. The first-order valence-corrected chi connectivity index (χ1v) is 7.95. The predicted molar refractivity (Wildman–Crippen MR) is 71.0 cm³/mol. The zero-order chi connectivity index (χ0) is 11.4. The Kier molecular flexibility index (Phi) is 4.57. The van der Waals surface area contributed by atoms with E-state index in [9.17, 15) is 5.11 Å². The Hall–Kier alpha value is 0.270. The highest BCUT2D eigenvalue weighted by atomic mass is 32.2. The number of thioether (sulfide) groups is 1. The zero-order valence-corrected chi connectivity index (χ0v) is 11.2. The predicted octanol–water partition coefficient (Wildman–Crippen LogP) is 2.56. The highest BCUT2D eigenvalue weighted by Crippen LogP contribution is 2.42. The van der Waals surface area contributed by atoms with E-state index in [1.807, 2.05) is 11.8 Å². The van der Waals surface area contributed by atoms with Gasteiger partial charge in [-0.1, -0.05) is 25.7 Å². The SMILES string of the molecule is CSC1(CNC2CCCCCC2O)CCC1. The van der Waals surface area contributed by atoms with Crippen LogP contribution >= 0.6 is 11.8 Å². The minimum atomic E-state index is -0.110. The van der Waals surface area contributed by atoms with Crippen molar-refractivity contribution >= 4 is 11.8 Å². The van der Waals surface area contributed by atoms with Crippen molar-refractivity contribution in [3.05, 3.63) is 0 Å². The van der Waals surface area contributed by atoms with E-state index >= 15 is 0 Å². The lowest BCUT2D eigenvalue weighted by atomic mass is 9.84. The van der Waals surface area contributed by atoms with Crippen LogP contribution in [0.4, 0.5) is 0 Å². The van der Waals surface area contributed by atoms with Gasteiger partial charge in [0.05, 0.1) is 6.10 Å². The summed E-state index contributed by atoms with van der Waals surface area (Å²) in [5.41, 5.74) is 0. The van der Waals surface area contributed by atoms with Crippen LogP contribution in [0.1, 0.15) is 51.4 Å². The smallest absolute Gasteiger partial charge is 0.0693 e. The quantitative estimate of drug-likeness (QED) is 0.744. The maximum Gasteiger partial charge on any atom is 0.0693 e. The van der Waals surface area contributed by atoms with E-state index in [1.165, 1.54) is 38.5 Å². The molecule has 0 amide bonds. The van der Waals surface area contributed by atoms with Gasteiger partial charge in [0, 0.05) is 17.3 Å². The van der Waals surface area contributed by atoms with Gasteiger partial charge >= 0.3 is 0 Å². The first kappa shape index (κ1) is 12.7. The van der Waals surface area contributed by atoms with E-state index in [4.69, 9.17) is 0 Å². The summed E-state index contributed by atoms with van der Waals surface area (Å²) in [6, 6.07) is 0.354. The highest BCUT2D eigenvalue weighted by Gasteiger charge is 2.36. The summed E-state index contributed by atoms with van der Waals surface area (Å²) < 4.78 is 0.492. The van der Waals surface area contributed by atoms with E-state index in [-0.39, 0.29) is 6.10 Å². The lowest BCUT2D eigenvalue weighted by molar-refractivity contribution is 0.116. The normalized spacial score (nSPS) is 34.1. The fraction of sp³-hybridized carbons (Fsp3) is 1.00. The fourth-order valence-electron chi connectivity index (χ4n) is 2.87. The molecule has 2 unspecified atom stereocenters. The first-order chi connectivity index (χ1) is 7.76. The maximum absolute atomic E-state index is 10.0. The third kappa shape index (κ3) is 2.93. The Morgan fingerprint density at radius 3 is 2.56 bits per heavy atom. The standard InChI is InChI=1S/C13H25NOS/c1-16-13(8-5-9-13)10-14-11-6-3-2-4-7-12(11)15/h11-12,14-15H,2-10H2,1H3. The zero-order valence-electron chi connectivity index (χ0n) is 10.4. The maximum atomic E-state index is 10.0. The molecule has 0 heterocycles. The lowest BCUT2D eigenvalue weighted by Crippen LogP contribution is -2.49. The van der Waals surface area contributed by atoms with Gasteiger partial charge in [-0.15, -0.1) is 0 Å². The Bertz CT molecular complexity index is 212. The van der Waals surface area contributed by atoms with Gasteiger partial charge < -0.3 is 10.4 Å². The third-order valence-electron chi connectivity index (χ3n) is 4.36. The third-order valence-corrected chi connectivity index (χ3v) is 5.78. The van der Waals surface area contributed by atoms with Gasteiger partial charge in [0.2, 0.25) is 0 Å². The average Bonchev–Trinajstić information content (AvgIpc) is 2.43. The van der Waals surface area contributed by atoms with Gasteiger partial charge in [-0.2, -0.15) is 11.8 Å². The minimum absolute atomic E-state index is 0.110. The highest BCUT2D eigenvalue weighted by molar-refractivity contribution is 8.00. The molecule has 0 aliphatic heterocycles. The van der Waals surface area contributed by atoms with Crippen LogP contribution in [-0.2, 0) is 0 Å². The number of hydrogen-bond acceptors (Lipinski definition) is 3. The molecule has 0 aromatic rings. The molecule has 2 N–H and O–H groups in total. The van der Waals surface area contributed by atoms with Crippen molar-refractivity contribution in [2.75, 3.05) is 12.8 Å². The Morgan fingerprint density at radius 2 is 1.94 bits per heavy atom. The molecule has 0 bridgehead atoms. The van der Waals surface area contributed by atoms with Crippen LogP contribution in [-0.4, -0.2) is 34.8 Å². The molecule has 0 aromatic heterocycles. The van der Waals surface area contributed by atoms with Crippen LogP contribution in [0.3, 0.4) is 0 Å². The number of nitrogens with one attached hydrogen (secondary N) is 1. The first-order valence-electron chi connectivity index (χ1n) is 6.72. The molecule has 0 saturated heterocycles. The Labute approximate surface area is 104 Å². The summed E-state index contributed by atoms with van der Waals surface area (Å²) in [4.78, 5) is 0. The molecule has 2 aliphatic carbocycles. The van der Waals surface area contributed by atoms with Crippen LogP contribution in [0.2, 0.25) is 0 Å². The summed E-state index contributed by atoms with van der Waals surface area (Å²) in [5.74, 6) is 0. The number of aliphatic hydroxyl groups excluding tert-OH is 1. The van der Waals surface area contributed by atoms with Gasteiger partial charge in [-0.25, -0.2) is 0 Å². The Morgan fingerprint density at radius 1 is 1.19 bits per heavy atom. The molecule has 2 fully saturated rings. The van der Waals surface area contributed by atoms with Crippen molar-refractivity contribution in [3.8, 4) is 0 Å². The van der Waals surface area contributed by atoms with Crippen molar-refractivity contribution in [1.82, 2.24) is 5.32 Å². The van der Waals surface area contributed by atoms with Gasteiger partial charge in [0.15, 0.2) is 0 Å². The summed E-state index contributed by atoms with van der Waals surface area (Å²) in [7, 11) is 0. The molecule has 3 heteroatoms. The second kappa shape index (κ2) is 5.74. The fourth-order valence-corrected chi connectivity index (χ4v) is 3.79. The molecule has 2 saturated carbocycles. The average molecular weight is 243 g/mol. The second-order valence-electron chi connectivity index (χ2n) is 5.43. The molecule has 2 rings (SSSR count). The summed E-state index contributed by atoms with van der Waals surface area (Å²) >= 11 is 2.01. The largest absolute Gasteiger partial charge is 0.392 e. The molecule has 2 nitrogen and oxygen atoms in total. The molecule has 2 atom stereocenters. The van der Waals surface area contributed by atoms with Crippen LogP contribution in [0.15, 0.2) is 0 Å². The van der Waals surface area contributed by atoms with Crippen LogP contribution < -0.4 is 5.32 Å². The van der Waals surface area contributed by atoms with E-state index in [0.29, 0.717) is 10.8 Å². The number of aliphatic hydroxyl groups is 1. The van der Waals surface area contributed by atoms with Crippen LogP contribution in [0.25, 0.3) is 0 Å². The van der Waals surface area contributed by atoms with Gasteiger partial charge in [0.1, 0.15) is 0 Å². The van der Waals surface area contributed by atoms with Crippen molar-refractivity contribution in [1.29, 1.82) is 0 Å². The van der Waals surface area contributed by atoms with Crippen molar-refractivity contribution in [2.24, 2.45) is 0 Å². The topological polar surface area (TPSA) is 32.3 Å². The molecular formula is C13H25NOS. The van der Waals surface area contributed by atoms with Crippen molar-refractivity contribution in [3.63, 3.8) is 0 Å². The molecule has 0 spiro atoms. The molecule has 16 heavy (non-hydrogen) atoms. The Balaban J connectivity index is 1.79. The molecular weight excluding hydrogens is 218 g/mol. The van der Waals surface area contributed by atoms with Crippen LogP contribution in [0, 0.1) is 0 Å². The monoisotopic (exact) mass is 243 g/mol. The molecule has 0 radical (unpaired) electrons. The number of rotatable bonds is 4. The molecule has 2 aliphatic rings. The minimum Gasteiger partial charge on any atom is -0.392 e. The van der Waals surface area contributed by atoms with Gasteiger partial charge in [-0.05, 0) is 31.9 Å².